The van der Waals surface area contributed by atoms with Crippen LogP contribution < -0.4 is 10.6 Å². The van der Waals surface area contributed by atoms with Crippen LogP contribution in [0.25, 0.3) is 0 Å². The number of aryl methyl sites for hydroxylation is 1. The Hall–Kier alpha value is -1.59. The minimum Gasteiger partial charge on any atom is -0.370 e. The van der Waals surface area contributed by atoms with E-state index in [4.69, 9.17) is 11.6 Å². The zero-order valence-corrected chi connectivity index (χ0v) is 14.0. The molecule has 0 atom stereocenters. The molecule has 2 rings (SSSR count). The number of amides is 1. The SMILES string of the molecule is CCNc1ccc(Cl)c(C(=O)Nc2ccc(Br)c(C)c2)n1. The highest BCUT2D eigenvalue weighted by atomic mass is 79.9. The highest BCUT2D eigenvalue weighted by Crippen LogP contribution is 2.22. The van der Waals surface area contributed by atoms with Gasteiger partial charge in [0.2, 0.25) is 0 Å². The van der Waals surface area contributed by atoms with Gasteiger partial charge in [0.1, 0.15) is 11.5 Å². The lowest BCUT2D eigenvalue weighted by atomic mass is 10.2. The first-order valence-electron chi connectivity index (χ1n) is 6.49. The maximum absolute atomic E-state index is 12.3. The number of aromatic nitrogens is 1. The molecule has 0 aliphatic carbocycles. The third kappa shape index (κ3) is 3.95. The fourth-order valence-electron chi connectivity index (χ4n) is 1.79. The van der Waals surface area contributed by atoms with Crippen LogP contribution >= 0.6 is 27.5 Å². The number of nitrogens with one attached hydrogen (secondary N) is 2. The van der Waals surface area contributed by atoms with Crippen LogP contribution in [0.1, 0.15) is 23.0 Å². The quantitative estimate of drug-likeness (QED) is 0.836. The molecule has 1 aromatic carbocycles. The van der Waals surface area contributed by atoms with Gasteiger partial charge < -0.3 is 10.6 Å². The average Bonchev–Trinajstić information content (AvgIpc) is 2.45. The molecule has 1 aromatic heterocycles. The van der Waals surface area contributed by atoms with Crippen molar-refractivity contribution in [3.63, 3.8) is 0 Å². The maximum Gasteiger partial charge on any atom is 0.275 e. The lowest BCUT2D eigenvalue weighted by molar-refractivity contribution is 0.102. The van der Waals surface area contributed by atoms with E-state index in [0.717, 1.165) is 16.6 Å². The molecule has 2 N–H and O–H groups in total. The number of pyridine rings is 1. The molecule has 110 valence electrons. The molecule has 21 heavy (non-hydrogen) atoms. The normalized spacial score (nSPS) is 10.3. The summed E-state index contributed by atoms with van der Waals surface area (Å²) in [4.78, 5) is 16.5. The Labute approximate surface area is 137 Å². The molecule has 0 fully saturated rings. The van der Waals surface area contributed by atoms with Crippen molar-refractivity contribution in [1.82, 2.24) is 4.98 Å². The number of carbonyl (C=O) groups excluding carboxylic acids is 1. The Morgan fingerprint density at radius 2 is 2.10 bits per heavy atom. The smallest absolute Gasteiger partial charge is 0.275 e. The van der Waals surface area contributed by atoms with Crippen molar-refractivity contribution in [1.29, 1.82) is 0 Å². The summed E-state index contributed by atoms with van der Waals surface area (Å²) >= 11 is 9.48. The van der Waals surface area contributed by atoms with Gasteiger partial charge in [-0.1, -0.05) is 27.5 Å². The number of carbonyl (C=O) groups is 1. The van der Waals surface area contributed by atoms with Crippen LogP contribution in [0.5, 0.6) is 0 Å². The standard InChI is InChI=1S/C15H15BrClN3O/c1-3-18-13-7-6-12(17)14(20-13)15(21)19-10-4-5-11(16)9(2)8-10/h4-8H,3H2,1-2H3,(H,18,20)(H,19,21). The second-order valence-corrected chi connectivity index (χ2v) is 5.74. The number of benzene rings is 1. The topological polar surface area (TPSA) is 54.0 Å². The van der Waals surface area contributed by atoms with E-state index in [-0.39, 0.29) is 11.6 Å². The molecule has 0 bridgehead atoms. The number of rotatable bonds is 4. The zero-order valence-electron chi connectivity index (χ0n) is 11.7. The van der Waals surface area contributed by atoms with Gasteiger partial charge in [-0.25, -0.2) is 4.98 Å². The summed E-state index contributed by atoms with van der Waals surface area (Å²) in [5, 5.41) is 6.18. The van der Waals surface area contributed by atoms with E-state index in [9.17, 15) is 4.79 Å². The summed E-state index contributed by atoms with van der Waals surface area (Å²) in [5.74, 6) is 0.292. The molecule has 0 aliphatic heterocycles. The number of halogens is 2. The van der Waals surface area contributed by atoms with Crippen molar-refractivity contribution >= 4 is 44.9 Å². The second kappa shape index (κ2) is 6.91. The Bertz CT molecular complexity index is 676. The summed E-state index contributed by atoms with van der Waals surface area (Å²) < 4.78 is 0.991. The predicted octanol–water partition coefficient (Wildman–Crippen LogP) is 4.49. The van der Waals surface area contributed by atoms with Gasteiger partial charge in [-0.2, -0.15) is 0 Å². The lowest BCUT2D eigenvalue weighted by Crippen LogP contribution is -2.15. The van der Waals surface area contributed by atoms with Gasteiger partial charge in [0, 0.05) is 16.7 Å². The van der Waals surface area contributed by atoms with Crippen molar-refractivity contribution in [2.75, 3.05) is 17.2 Å². The van der Waals surface area contributed by atoms with Crippen molar-refractivity contribution in [3.05, 3.63) is 51.1 Å². The van der Waals surface area contributed by atoms with E-state index >= 15 is 0 Å². The first-order valence-corrected chi connectivity index (χ1v) is 7.66. The summed E-state index contributed by atoms with van der Waals surface area (Å²) in [6, 6.07) is 8.98. The Balaban J connectivity index is 2.23. The van der Waals surface area contributed by atoms with Crippen LogP contribution in [0.4, 0.5) is 11.5 Å². The Morgan fingerprint density at radius 1 is 1.33 bits per heavy atom. The van der Waals surface area contributed by atoms with E-state index in [1.54, 1.807) is 12.1 Å². The molecule has 0 aliphatic rings. The molecule has 1 amide bonds. The van der Waals surface area contributed by atoms with Crippen LogP contribution in [-0.2, 0) is 0 Å². The summed E-state index contributed by atoms with van der Waals surface area (Å²) in [6.45, 7) is 4.64. The van der Waals surface area contributed by atoms with Crippen LogP contribution in [0.2, 0.25) is 5.02 Å². The van der Waals surface area contributed by atoms with Gasteiger partial charge in [-0.15, -0.1) is 0 Å². The predicted molar refractivity (Wildman–Crippen MR) is 90.2 cm³/mol. The van der Waals surface area contributed by atoms with Gasteiger partial charge in [-0.05, 0) is 49.7 Å². The van der Waals surface area contributed by atoms with E-state index in [0.29, 0.717) is 16.5 Å². The van der Waals surface area contributed by atoms with Crippen molar-refractivity contribution < 1.29 is 4.79 Å². The van der Waals surface area contributed by atoms with Gasteiger partial charge in [-0.3, -0.25) is 4.79 Å². The fourth-order valence-corrected chi connectivity index (χ4v) is 2.23. The molecular weight excluding hydrogens is 354 g/mol. The van der Waals surface area contributed by atoms with Crippen LogP contribution in [-0.4, -0.2) is 17.4 Å². The summed E-state index contributed by atoms with van der Waals surface area (Å²) in [7, 11) is 0. The molecule has 0 radical (unpaired) electrons. The minimum atomic E-state index is -0.332. The third-order valence-electron chi connectivity index (χ3n) is 2.83. The summed E-state index contributed by atoms with van der Waals surface area (Å²) in [5.41, 5.74) is 1.94. The fraction of sp³-hybridized carbons (Fsp3) is 0.200. The van der Waals surface area contributed by atoms with E-state index < -0.39 is 0 Å². The van der Waals surface area contributed by atoms with Gasteiger partial charge in [0.15, 0.2) is 0 Å². The summed E-state index contributed by atoms with van der Waals surface area (Å²) in [6.07, 6.45) is 0. The third-order valence-corrected chi connectivity index (χ3v) is 4.03. The molecule has 0 saturated heterocycles. The first-order chi connectivity index (χ1) is 10.0. The monoisotopic (exact) mass is 367 g/mol. The maximum atomic E-state index is 12.3. The zero-order chi connectivity index (χ0) is 15.4. The van der Waals surface area contributed by atoms with Crippen LogP contribution in [0, 0.1) is 6.92 Å². The molecule has 0 saturated carbocycles. The molecule has 0 unspecified atom stereocenters. The van der Waals surface area contributed by atoms with Crippen molar-refractivity contribution in [3.8, 4) is 0 Å². The van der Waals surface area contributed by atoms with E-state index in [1.165, 1.54) is 0 Å². The van der Waals surface area contributed by atoms with Crippen LogP contribution in [0.3, 0.4) is 0 Å². The Morgan fingerprint density at radius 3 is 2.76 bits per heavy atom. The average molecular weight is 369 g/mol. The van der Waals surface area contributed by atoms with Crippen LogP contribution in [0.15, 0.2) is 34.8 Å². The van der Waals surface area contributed by atoms with Gasteiger partial charge >= 0.3 is 0 Å². The van der Waals surface area contributed by atoms with Gasteiger partial charge in [0.25, 0.3) is 5.91 Å². The molecule has 2 aromatic rings. The molecule has 1 heterocycles. The number of hydrogen-bond acceptors (Lipinski definition) is 3. The number of hydrogen-bond donors (Lipinski definition) is 2. The highest BCUT2D eigenvalue weighted by Gasteiger charge is 2.13. The van der Waals surface area contributed by atoms with E-state index in [2.05, 4.69) is 31.5 Å². The second-order valence-electron chi connectivity index (χ2n) is 4.48. The Kier molecular flexibility index (Phi) is 5.20. The molecule has 6 heteroatoms. The van der Waals surface area contributed by atoms with Crippen molar-refractivity contribution in [2.24, 2.45) is 0 Å². The number of nitrogens with zero attached hydrogens (tertiary/aromatic N) is 1. The molecular formula is C15H15BrClN3O. The largest absolute Gasteiger partial charge is 0.370 e. The first kappa shape index (κ1) is 15.8. The van der Waals surface area contributed by atoms with E-state index in [1.807, 2.05) is 32.0 Å². The molecule has 0 spiro atoms. The molecule has 4 nitrogen and oxygen atoms in total. The lowest BCUT2D eigenvalue weighted by Gasteiger charge is -2.09. The van der Waals surface area contributed by atoms with Gasteiger partial charge in [0.05, 0.1) is 5.02 Å². The minimum absolute atomic E-state index is 0.204. The highest BCUT2D eigenvalue weighted by molar-refractivity contribution is 9.10. The number of anilines is 2. The van der Waals surface area contributed by atoms with Crippen molar-refractivity contribution in [2.45, 2.75) is 13.8 Å².